The molecule has 12 heteroatoms. The molecule has 1 spiro atoms. The van der Waals surface area contributed by atoms with Gasteiger partial charge in [-0.05, 0) is 30.3 Å². The number of aliphatic hydroxyl groups excluding tert-OH is 1. The number of nitrogens with one attached hydrogen (secondary N) is 1. The molecule has 3 fully saturated rings. The molecule has 4 aliphatic heterocycles. The molecule has 2 N–H and O–H groups in total. The maximum absolute atomic E-state index is 14.7. The summed E-state index contributed by atoms with van der Waals surface area (Å²) in [7, 11) is 0. The third-order valence-corrected chi connectivity index (χ3v) is 8.27. The molecule has 178 valence electrons. The number of hydrogen-bond acceptors (Lipinski definition) is 5. The monoisotopic (exact) mass is 547 g/mol. The lowest BCUT2D eigenvalue weighted by Gasteiger charge is -2.41. The Morgan fingerprint density at radius 2 is 1.62 bits per heavy atom. The molecule has 2 amide bonds. The van der Waals surface area contributed by atoms with Crippen molar-refractivity contribution < 1.29 is 23.5 Å². The van der Waals surface area contributed by atoms with Crippen molar-refractivity contribution in [3.63, 3.8) is 0 Å². The summed E-state index contributed by atoms with van der Waals surface area (Å²) in [5, 5.41) is 14.9. The molecule has 0 saturated carbocycles. The van der Waals surface area contributed by atoms with Crippen LogP contribution in [0.3, 0.4) is 0 Å². The van der Waals surface area contributed by atoms with Crippen molar-refractivity contribution in [3.05, 3.63) is 56.0 Å². The van der Waals surface area contributed by atoms with E-state index in [1.807, 2.05) is 0 Å². The third-order valence-electron chi connectivity index (χ3n) is 7.31. The van der Waals surface area contributed by atoms with Gasteiger partial charge in [0.15, 0.2) is 0 Å². The number of hydrogen-bond donors (Lipinski definition) is 2. The van der Waals surface area contributed by atoms with Crippen molar-refractivity contribution in [2.45, 2.75) is 30.2 Å². The van der Waals surface area contributed by atoms with E-state index in [0.717, 1.165) is 4.90 Å². The van der Waals surface area contributed by atoms with Gasteiger partial charge in [0.1, 0.15) is 11.8 Å². The van der Waals surface area contributed by atoms with Crippen LogP contribution in [0, 0.1) is 11.8 Å². The molecule has 2 aromatic rings. The van der Waals surface area contributed by atoms with E-state index in [1.165, 1.54) is 35.2 Å². The SMILES string of the molecule is O=C1C2C3CC(F)(F)CN3C3(c4cc(Cl)cc(Cl)c4NC3O)C2C(=O)N1c1cc(Cl)cc(Cl)c1. The summed E-state index contributed by atoms with van der Waals surface area (Å²) >= 11 is 24.8. The quantitative estimate of drug-likeness (QED) is 0.502. The average molecular weight is 549 g/mol. The van der Waals surface area contributed by atoms with E-state index in [-0.39, 0.29) is 31.5 Å². The smallest absolute Gasteiger partial charge is 0.262 e. The number of amides is 2. The van der Waals surface area contributed by atoms with Crippen LogP contribution in [0.15, 0.2) is 30.3 Å². The van der Waals surface area contributed by atoms with Gasteiger partial charge in [-0.1, -0.05) is 46.4 Å². The zero-order valence-electron chi connectivity index (χ0n) is 17.0. The fourth-order valence-corrected chi connectivity index (χ4v) is 7.36. The summed E-state index contributed by atoms with van der Waals surface area (Å²) < 4.78 is 29.5. The third kappa shape index (κ3) is 2.81. The second-order valence-corrected chi connectivity index (χ2v) is 10.8. The number of rotatable bonds is 1. The van der Waals surface area contributed by atoms with Crippen LogP contribution in [0.1, 0.15) is 12.0 Å². The van der Waals surface area contributed by atoms with Gasteiger partial charge in [0.25, 0.3) is 5.92 Å². The largest absolute Gasteiger partial charge is 0.371 e. The highest BCUT2D eigenvalue weighted by Gasteiger charge is 2.77. The first-order valence-corrected chi connectivity index (χ1v) is 11.9. The summed E-state index contributed by atoms with van der Waals surface area (Å²) in [5.74, 6) is -6.71. The van der Waals surface area contributed by atoms with Gasteiger partial charge in [-0.15, -0.1) is 0 Å². The van der Waals surface area contributed by atoms with E-state index in [9.17, 15) is 23.5 Å². The Morgan fingerprint density at radius 1 is 0.971 bits per heavy atom. The summed E-state index contributed by atoms with van der Waals surface area (Å²) in [6.07, 6.45) is -2.13. The van der Waals surface area contributed by atoms with Crippen molar-refractivity contribution in [2.24, 2.45) is 11.8 Å². The molecular weight excluding hydrogens is 534 g/mol. The topological polar surface area (TPSA) is 72.9 Å². The van der Waals surface area contributed by atoms with Gasteiger partial charge in [-0.25, -0.2) is 13.7 Å². The summed E-state index contributed by atoms with van der Waals surface area (Å²) in [4.78, 5) is 29.9. The number of halogens is 6. The van der Waals surface area contributed by atoms with Crippen LogP contribution >= 0.6 is 46.4 Å². The highest BCUT2D eigenvalue weighted by atomic mass is 35.5. The van der Waals surface area contributed by atoms with Gasteiger partial charge in [0.2, 0.25) is 11.8 Å². The minimum atomic E-state index is -3.12. The molecule has 5 atom stereocenters. The molecule has 4 aliphatic rings. The predicted molar refractivity (Wildman–Crippen MR) is 124 cm³/mol. The lowest BCUT2D eigenvalue weighted by Crippen LogP contribution is -2.56. The van der Waals surface area contributed by atoms with Crippen LogP contribution in [0.2, 0.25) is 20.1 Å². The molecular formula is C22H15Cl4F2N3O3. The van der Waals surface area contributed by atoms with Crippen LogP contribution in [-0.4, -0.2) is 46.6 Å². The number of benzene rings is 2. The number of nitrogens with zero attached hydrogens (tertiary/aromatic N) is 2. The fraction of sp³-hybridized carbons (Fsp3) is 0.364. The van der Waals surface area contributed by atoms with Gasteiger partial charge in [-0.3, -0.25) is 14.5 Å². The number of fused-ring (bicyclic) bond motifs is 7. The maximum atomic E-state index is 14.7. The van der Waals surface area contributed by atoms with Crippen molar-refractivity contribution in [2.75, 3.05) is 16.8 Å². The highest BCUT2D eigenvalue weighted by Crippen LogP contribution is 2.64. The zero-order valence-corrected chi connectivity index (χ0v) is 20.1. The molecule has 34 heavy (non-hydrogen) atoms. The molecule has 0 bridgehead atoms. The van der Waals surface area contributed by atoms with Gasteiger partial charge >= 0.3 is 0 Å². The lowest BCUT2D eigenvalue weighted by molar-refractivity contribution is -0.128. The molecule has 3 saturated heterocycles. The minimum absolute atomic E-state index is 0.137. The Balaban J connectivity index is 1.59. The summed E-state index contributed by atoms with van der Waals surface area (Å²) in [6, 6.07) is 6.22. The van der Waals surface area contributed by atoms with E-state index in [4.69, 9.17) is 46.4 Å². The van der Waals surface area contributed by atoms with Crippen LogP contribution in [0.25, 0.3) is 0 Å². The first-order valence-electron chi connectivity index (χ1n) is 10.4. The standard InChI is InChI=1S/C22H15Cl4F2N3O3/c23-8-1-9(24)3-11(2-8)31-18(32)15-14-6-21(27,28)7-30(14)22(16(15)19(31)33)12-4-10(25)5-13(26)17(12)29-20(22)34/h1-5,14-16,20,29,34H,6-7H2. The van der Waals surface area contributed by atoms with Crippen LogP contribution < -0.4 is 10.2 Å². The molecule has 6 rings (SSSR count). The van der Waals surface area contributed by atoms with Crippen LogP contribution in [0.5, 0.6) is 0 Å². The first-order chi connectivity index (χ1) is 16.0. The molecule has 0 aliphatic carbocycles. The molecule has 5 unspecified atom stereocenters. The second-order valence-electron chi connectivity index (χ2n) is 9.08. The molecule has 6 nitrogen and oxygen atoms in total. The average Bonchev–Trinajstić information content (AvgIpc) is 3.35. The molecule has 4 heterocycles. The van der Waals surface area contributed by atoms with Crippen LogP contribution in [0.4, 0.5) is 20.2 Å². The summed E-state index contributed by atoms with van der Waals surface area (Å²) in [6.45, 7) is -0.726. The van der Waals surface area contributed by atoms with Crippen molar-refractivity contribution in [1.82, 2.24) is 4.90 Å². The normalized spacial score (nSPS) is 33.4. The van der Waals surface area contributed by atoms with E-state index < -0.39 is 60.3 Å². The Morgan fingerprint density at radius 3 is 2.29 bits per heavy atom. The Hall–Kier alpha value is -1.68. The second kappa shape index (κ2) is 7.18. The Bertz CT molecular complexity index is 1270. The number of carbonyl (C=O) groups excluding carboxylic acids is 2. The summed E-state index contributed by atoms with van der Waals surface area (Å²) in [5.41, 5.74) is -0.945. The van der Waals surface area contributed by atoms with Crippen molar-refractivity contribution in [3.8, 4) is 0 Å². The Kier molecular flexibility index (Phi) is 4.81. The lowest BCUT2D eigenvalue weighted by atomic mass is 9.74. The first kappa shape index (κ1) is 22.8. The zero-order chi connectivity index (χ0) is 24.3. The van der Waals surface area contributed by atoms with Gasteiger partial charge in [0, 0.05) is 33.1 Å². The van der Waals surface area contributed by atoms with E-state index >= 15 is 0 Å². The van der Waals surface area contributed by atoms with Gasteiger partial charge in [-0.2, -0.15) is 0 Å². The van der Waals surface area contributed by atoms with E-state index in [0.29, 0.717) is 5.56 Å². The molecule has 0 aromatic heterocycles. The number of alkyl halides is 2. The Labute approximate surface area is 212 Å². The van der Waals surface area contributed by atoms with E-state index in [2.05, 4.69) is 5.32 Å². The minimum Gasteiger partial charge on any atom is -0.371 e. The number of anilines is 2. The molecule has 0 radical (unpaired) electrons. The number of aliphatic hydroxyl groups is 1. The number of imide groups is 1. The van der Waals surface area contributed by atoms with E-state index in [1.54, 1.807) is 0 Å². The highest BCUT2D eigenvalue weighted by molar-refractivity contribution is 6.37. The molecule has 2 aromatic carbocycles. The van der Waals surface area contributed by atoms with Crippen molar-refractivity contribution in [1.29, 1.82) is 0 Å². The number of carbonyl (C=O) groups is 2. The van der Waals surface area contributed by atoms with Crippen LogP contribution in [-0.2, 0) is 15.1 Å². The van der Waals surface area contributed by atoms with Gasteiger partial charge in [0.05, 0.1) is 34.8 Å². The fourth-order valence-electron chi connectivity index (χ4n) is 6.30. The maximum Gasteiger partial charge on any atom is 0.262 e. The van der Waals surface area contributed by atoms with Gasteiger partial charge < -0.3 is 10.4 Å². The predicted octanol–water partition coefficient (Wildman–Crippen LogP) is 4.77. The van der Waals surface area contributed by atoms with Crippen molar-refractivity contribution >= 4 is 69.6 Å².